The van der Waals surface area contributed by atoms with Crippen molar-refractivity contribution in [1.29, 1.82) is 5.26 Å². The van der Waals surface area contributed by atoms with Gasteiger partial charge < -0.3 is 9.73 Å². The summed E-state index contributed by atoms with van der Waals surface area (Å²) in [5.41, 5.74) is -2.23. The zero-order chi connectivity index (χ0) is 22.0. The van der Waals surface area contributed by atoms with Crippen LogP contribution in [0, 0.1) is 11.3 Å². The second-order valence-electron chi connectivity index (χ2n) is 5.59. The van der Waals surface area contributed by atoms with Gasteiger partial charge in [0.25, 0.3) is 21.8 Å². The molecule has 13 heteroatoms. The van der Waals surface area contributed by atoms with Gasteiger partial charge in [0.15, 0.2) is 10.4 Å². The summed E-state index contributed by atoms with van der Waals surface area (Å²) in [4.78, 5) is 23.1. The van der Waals surface area contributed by atoms with Crippen molar-refractivity contribution < 1.29 is 35.6 Å². The summed E-state index contributed by atoms with van der Waals surface area (Å²) in [6.45, 7) is 1.17. The van der Waals surface area contributed by atoms with E-state index >= 15 is 0 Å². The Morgan fingerprint density at radius 3 is 2.41 bits per heavy atom. The molecule has 29 heavy (non-hydrogen) atoms. The maximum atomic E-state index is 13.0. The predicted octanol–water partition coefficient (Wildman–Crippen LogP) is 2.56. The molecule has 0 bridgehead atoms. The summed E-state index contributed by atoms with van der Waals surface area (Å²) in [7, 11) is -4.70. The minimum atomic E-state index is -4.97. The third kappa shape index (κ3) is 5.36. The standard InChI is InChI=1S/C16H11BrF3N3O5S/c1-8(22-15(25)12-4-5-13(17)28-12)14(24)23-29(26,27)10-3-2-9(7-21)11(6-10)16(18,19)20/h2-6,8H,1H3,(H,22,25)(H,23,24). The highest BCUT2D eigenvalue weighted by atomic mass is 79.9. The largest absolute Gasteiger partial charge is 0.444 e. The van der Waals surface area contributed by atoms with Gasteiger partial charge in [-0.25, -0.2) is 13.1 Å². The van der Waals surface area contributed by atoms with Crippen LogP contribution in [-0.4, -0.2) is 26.3 Å². The molecule has 0 saturated heterocycles. The molecular formula is C16H11BrF3N3O5S. The van der Waals surface area contributed by atoms with Crippen LogP contribution in [0.25, 0.3) is 0 Å². The Balaban J connectivity index is 2.19. The number of benzene rings is 1. The highest BCUT2D eigenvalue weighted by Crippen LogP contribution is 2.33. The highest BCUT2D eigenvalue weighted by Gasteiger charge is 2.35. The van der Waals surface area contributed by atoms with Crippen LogP contribution in [0.1, 0.15) is 28.6 Å². The predicted molar refractivity (Wildman–Crippen MR) is 94.8 cm³/mol. The molecule has 0 saturated carbocycles. The second kappa shape index (κ2) is 8.26. The maximum Gasteiger partial charge on any atom is 0.417 e. The van der Waals surface area contributed by atoms with Gasteiger partial charge in [0, 0.05) is 0 Å². The van der Waals surface area contributed by atoms with Crippen molar-refractivity contribution in [2.75, 3.05) is 0 Å². The number of rotatable bonds is 5. The first-order chi connectivity index (χ1) is 13.3. The number of amides is 2. The first kappa shape index (κ1) is 22.4. The van der Waals surface area contributed by atoms with Crippen molar-refractivity contribution in [3.05, 3.63) is 51.9 Å². The van der Waals surface area contributed by atoms with Crippen LogP contribution in [0.15, 0.2) is 44.3 Å². The fourth-order valence-electron chi connectivity index (χ4n) is 2.07. The average Bonchev–Trinajstić information content (AvgIpc) is 3.06. The lowest BCUT2D eigenvalue weighted by molar-refractivity contribution is -0.137. The number of hydrogen-bond donors (Lipinski definition) is 2. The molecule has 8 nitrogen and oxygen atoms in total. The molecule has 1 aromatic carbocycles. The van der Waals surface area contributed by atoms with Crippen molar-refractivity contribution in [1.82, 2.24) is 10.0 Å². The first-order valence-electron chi connectivity index (χ1n) is 7.59. The Kier molecular flexibility index (Phi) is 6.39. The van der Waals surface area contributed by atoms with Crippen LogP contribution in [0.2, 0.25) is 0 Å². The number of furan rings is 1. The molecule has 1 heterocycles. The number of carbonyl (C=O) groups is 2. The average molecular weight is 494 g/mol. The summed E-state index contributed by atoms with van der Waals surface area (Å²) in [6.07, 6.45) is -4.97. The molecule has 1 unspecified atom stereocenters. The number of alkyl halides is 3. The molecule has 0 radical (unpaired) electrons. The summed E-state index contributed by atoms with van der Waals surface area (Å²) < 4.78 is 70.4. The SMILES string of the molecule is CC(NC(=O)c1ccc(Br)o1)C(=O)NS(=O)(=O)c1ccc(C#N)c(C(F)(F)F)c1. The van der Waals surface area contributed by atoms with Crippen LogP contribution in [-0.2, 0) is 21.0 Å². The molecule has 2 N–H and O–H groups in total. The van der Waals surface area contributed by atoms with Crippen LogP contribution >= 0.6 is 15.9 Å². The third-order valence-electron chi connectivity index (χ3n) is 3.50. The van der Waals surface area contributed by atoms with E-state index in [1.165, 1.54) is 25.1 Å². The summed E-state index contributed by atoms with van der Waals surface area (Å²) in [6, 6.07) is 4.37. The van der Waals surface area contributed by atoms with Gasteiger partial charge in [-0.1, -0.05) is 0 Å². The quantitative estimate of drug-likeness (QED) is 0.658. The Morgan fingerprint density at radius 1 is 1.24 bits per heavy atom. The van der Waals surface area contributed by atoms with Gasteiger partial charge in [0.2, 0.25) is 0 Å². The van der Waals surface area contributed by atoms with E-state index in [1.54, 1.807) is 4.72 Å². The summed E-state index contributed by atoms with van der Waals surface area (Å²) in [5.74, 6) is -2.16. The van der Waals surface area contributed by atoms with Gasteiger partial charge in [0.1, 0.15) is 6.04 Å². The van der Waals surface area contributed by atoms with E-state index in [-0.39, 0.29) is 16.5 Å². The summed E-state index contributed by atoms with van der Waals surface area (Å²) >= 11 is 2.99. The van der Waals surface area contributed by atoms with Crippen LogP contribution in [0.5, 0.6) is 0 Å². The molecule has 0 aliphatic carbocycles. The van der Waals surface area contributed by atoms with E-state index < -0.39 is 50.1 Å². The highest BCUT2D eigenvalue weighted by molar-refractivity contribution is 9.10. The van der Waals surface area contributed by atoms with E-state index in [2.05, 4.69) is 21.2 Å². The fraction of sp³-hybridized carbons (Fsp3) is 0.188. The zero-order valence-corrected chi connectivity index (χ0v) is 16.8. The molecular weight excluding hydrogens is 483 g/mol. The Morgan fingerprint density at radius 2 is 1.90 bits per heavy atom. The molecule has 0 spiro atoms. The Labute approximate surface area is 170 Å². The number of hydrogen-bond acceptors (Lipinski definition) is 6. The molecule has 0 aliphatic rings. The smallest absolute Gasteiger partial charge is 0.417 e. The van der Waals surface area contributed by atoms with Crippen molar-refractivity contribution in [2.45, 2.75) is 24.0 Å². The van der Waals surface area contributed by atoms with E-state index in [4.69, 9.17) is 9.68 Å². The number of nitrogens with one attached hydrogen (secondary N) is 2. The topological polar surface area (TPSA) is 129 Å². The lowest BCUT2D eigenvalue weighted by Crippen LogP contribution is -2.46. The van der Waals surface area contributed by atoms with Gasteiger partial charge in [0.05, 0.1) is 22.1 Å². The van der Waals surface area contributed by atoms with Crippen LogP contribution in [0.4, 0.5) is 13.2 Å². The van der Waals surface area contributed by atoms with E-state index in [1.807, 2.05) is 0 Å². The minimum Gasteiger partial charge on any atom is -0.444 e. The normalized spacial score (nSPS) is 12.7. The number of nitriles is 1. The van der Waals surface area contributed by atoms with Gasteiger partial charge in [-0.3, -0.25) is 9.59 Å². The van der Waals surface area contributed by atoms with Crippen molar-refractivity contribution >= 4 is 37.8 Å². The molecule has 1 aromatic heterocycles. The first-order valence-corrected chi connectivity index (χ1v) is 9.87. The summed E-state index contributed by atoms with van der Waals surface area (Å²) in [5, 5.41) is 10.9. The zero-order valence-electron chi connectivity index (χ0n) is 14.4. The van der Waals surface area contributed by atoms with Crippen molar-refractivity contribution in [2.24, 2.45) is 0 Å². The number of nitrogens with zero attached hydrogens (tertiary/aromatic N) is 1. The maximum absolute atomic E-state index is 13.0. The number of carbonyl (C=O) groups excluding carboxylic acids is 2. The molecule has 2 amide bonds. The second-order valence-corrected chi connectivity index (χ2v) is 8.05. The number of halogens is 4. The van der Waals surface area contributed by atoms with Crippen molar-refractivity contribution in [3.63, 3.8) is 0 Å². The van der Waals surface area contributed by atoms with Gasteiger partial charge >= 0.3 is 6.18 Å². The molecule has 2 rings (SSSR count). The van der Waals surface area contributed by atoms with E-state index in [9.17, 15) is 31.2 Å². The molecule has 154 valence electrons. The molecule has 0 fully saturated rings. The van der Waals surface area contributed by atoms with Gasteiger partial charge in [-0.15, -0.1) is 0 Å². The minimum absolute atomic E-state index is 0.152. The lowest BCUT2D eigenvalue weighted by atomic mass is 10.1. The van der Waals surface area contributed by atoms with E-state index in [0.717, 1.165) is 6.07 Å². The van der Waals surface area contributed by atoms with Crippen molar-refractivity contribution in [3.8, 4) is 6.07 Å². The Bertz CT molecular complexity index is 1110. The molecule has 1 atom stereocenters. The van der Waals surface area contributed by atoms with Gasteiger partial charge in [-0.05, 0) is 53.2 Å². The monoisotopic (exact) mass is 493 g/mol. The van der Waals surface area contributed by atoms with E-state index in [0.29, 0.717) is 6.07 Å². The number of sulfonamides is 1. The van der Waals surface area contributed by atoms with Crippen LogP contribution in [0.3, 0.4) is 0 Å². The third-order valence-corrected chi connectivity index (χ3v) is 5.27. The lowest BCUT2D eigenvalue weighted by Gasteiger charge is -2.15. The molecule has 2 aromatic rings. The Hall–Kier alpha value is -2.85. The fourth-order valence-corrected chi connectivity index (χ4v) is 3.46. The molecule has 0 aliphatic heterocycles. The van der Waals surface area contributed by atoms with Crippen LogP contribution < -0.4 is 10.0 Å². The van der Waals surface area contributed by atoms with Gasteiger partial charge in [-0.2, -0.15) is 18.4 Å².